The van der Waals surface area contributed by atoms with Gasteiger partial charge >= 0.3 is 0 Å². The van der Waals surface area contributed by atoms with Crippen LogP contribution in [0.3, 0.4) is 0 Å². The Kier molecular flexibility index (Phi) is 3.38. The molecule has 0 saturated carbocycles. The molecule has 17 heavy (non-hydrogen) atoms. The lowest BCUT2D eigenvalue weighted by Gasteiger charge is -2.16. The topological polar surface area (TPSA) is 46.3 Å². The third-order valence-electron chi connectivity index (χ3n) is 3.00. The van der Waals surface area contributed by atoms with Gasteiger partial charge in [-0.2, -0.15) is 0 Å². The Labute approximate surface area is 98.2 Å². The van der Waals surface area contributed by atoms with Crippen LogP contribution in [0.2, 0.25) is 0 Å². The fourth-order valence-corrected chi connectivity index (χ4v) is 2.03. The van der Waals surface area contributed by atoms with Crippen LogP contribution in [0.25, 0.3) is 0 Å². The number of nitrogens with zero attached hydrogens (tertiary/aromatic N) is 1. The van der Waals surface area contributed by atoms with Crippen molar-refractivity contribution in [2.24, 2.45) is 11.7 Å². The number of benzene rings is 1. The van der Waals surface area contributed by atoms with E-state index in [2.05, 4.69) is 0 Å². The molecular weight excluding hydrogens is 226 g/mol. The first-order chi connectivity index (χ1) is 8.10. The third kappa shape index (κ3) is 2.61. The number of rotatable bonds is 3. The number of amides is 1. The molecule has 1 aliphatic heterocycles. The van der Waals surface area contributed by atoms with Gasteiger partial charge in [-0.1, -0.05) is 0 Å². The number of hydrogen-bond acceptors (Lipinski definition) is 2. The Balaban J connectivity index is 2.11. The molecule has 1 atom stereocenters. The molecule has 1 aromatic carbocycles. The molecule has 2 rings (SSSR count). The molecule has 0 aliphatic carbocycles. The van der Waals surface area contributed by atoms with Crippen LogP contribution in [0, 0.1) is 17.6 Å². The van der Waals surface area contributed by atoms with Crippen LogP contribution >= 0.6 is 0 Å². The summed E-state index contributed by atoms with van der Waals surface area (Å²) in [4.78, 5) is 13.1. The average molecular weight is 240 g/mol. The van der Waals surface area contributed by atoms with Crippen molar-refractivity contribution in [1.29, 1.82) is 0 Å². The Morgan fingerprint density at radius 2 is 2.18 bits per heavy atom. The van der Waals surface area contributed by atoms with E-state index < -0.39 is 11.6 Å². The minimum absolute atomic E-state index is 0.0517. The molecule has 3 nitrogen and oxygen atoms in total. The van der Waals surface area contributed by atoms with Crippen molar-refractivity contribution in [3.05, 3.63) is 35.4 Å². The number of carbonyl (C=O) groups is 1. The van der Waals surface area contributed by atoms with Crippen LogP contribution < -0.4 is 5.73 Å². The van der Waals surface area contributed by atoms with Gasteiger partial charge in [-0.05, 0) is 30.7 Å². The zero-order chi connectivity index (χ0) is 12.4. The second-order valence-electron chi connectivity index (χ2n) is 4.32. The normalized spacial score (nSPS) is 20.1. The summed E-state index contributed by atoms with van der Waals surface area (Å²) in [6.07, 6.45) is 0.396. The predicted octanol–water partition coefficient (Wildman–Crippen LogP) is 1.27. The highest BCUT2D eigenvalue weighted by Crippen LogP contribution is 2.20. The van der Waals surface area contributed by atoms with Crippen LogP contribution in [0.1, 0.15) is 12.0 Å². The number of nitrogens with two attached hydrogens (primary N) is 1. The molecule has 1 unspecified atom stereocenters. The van der Waals surface area contributed by atoms with E-state index >= 15 is 0 Å². The summed E-state index contributed by atoms with van der Waals surface area (Å²) in [6, 6.07) is 3.26. The molecule has 1 saturated heterocycles. The Morgan fingerprint density at radius 3 is 2.82 bits per heavy atom. The molecule has 92 valence electrons. The van der Waals surface area contributed by atoms with Gasteiger partial charge in [0, 0.05) is 25.1 Å². The molecular formula is C12H14F2N2O. The number of carbonyl (C=O) groups excluding carboxylic acids is 1. The first kappa shape index (κ1) is 12.0. The monoisotopic (exact) mass is 240 g/mol. The van der Waals surface area contributed by atoms with Gasteiger partial charge in [-0.3, -0.25) is 4.79 Å². The van der Waals surface area contributed by atoms with Gasteiger partial charge in [-0.25, -0.2) is 8.78 Å². The first-order valence-electron chi connectivity index (χ1n) is 5.52. The molecule has 5 heteroatoms. The molecule has 1 fully saturated rings. The van der Waals surface area contributed by atoms with Crippen LogP contribution in [-0.2, 0) is 11.3 Å². The second-order valence-corrected chi connectivity index (χ2v) is 4.32. The molecule has 1 heterocycles. The van der Waals surface area contributed by atoms with Gasteiger partial charge in [0.1, 0.15) is 11.6 Å². The highest BCUT2D eigenvalue weighted by Gasteiger charge is 2.28. The zero-order valence-electron chi connectivity index (χ0n) is 9.33. The highest BCUT2D eigenvalue weighted by atomic mass is 19.1. The molecule has 0 radical (unpaired) electrons. The van der Waals surface area contributed by atoms with Crippen LogP contribution in [0.15, 0.2) is 18.2 Å². The van der Waals surface area contributed by atoms with E-state index in [1.165, 1.54) is 4.90 Å². The number of halogens is 2. The van der Waals surface area contributed by atoms with Crippen LogP contribution in [-0.4, -0.2) is 23.9 Å². The minimum atomic E-state index is -0.497. The Bertz CT molecular complexity index is 437. The largest absolute Gasteiger partial charge is 0.338 e. The average Bonchev–Trinajstić information content (AvgIpc) is 2.65. The molecule has 1 aromatic rings. The summed E-state index contributed by atoms with van der Waals surface area (Å²) in [5, 5.41) is 0. The van der Waals surface area contributed by atoms with Crippen LogP contribution in [0.4, 0.5) is 8.78 Å². The van der Waals surface area contributed by atoms with Crippen molar-refractivity contribution in [3.63, 3.8) is 0 Å². The van der Waals surface area contributed by atoms with Gasteiger partial charge in [0.05, 0.1) is 0 Å². The maximum atomic E-state index is 13.4. The first-order valence-corrected chi connectivity index (χ1v) is 5.52. The summed E-state index contributed by atoms with van der Waals surface area (Å²) in [5.74, 6) is -0.915. The van der Waals surface area contributed by atoms with Crippen molar-refractivity contribution in [2.75, 3.05) is 13.1 Å². The summed E-state index contributed by atoms with van der Waals surface area (Å²) < 4.78 is 26.4. The zero-order valence-corrected chi connectivity index (χ0v) is 9.33. The van der Waals surface area contributed by atoms with Gasteiger partial charge in [0.2, 0.25) is 5.91 Å². The van der Waals surface area contributed by atoms with E-state index in [0.717, 1.165) is 18.2 Å². The Morgan fingerprint density at radius 1 is 1.41 bits per heavy atom. The van der Waals surface area contributed by atoms with Crippen molar-refractivity contribution in [3.8, 4) is 0 Å². The van der Waals surface area contributed by atoms with Gasteiger partial charge in [-0.15, -0.1) is 0 Å². The van der Waals surface area contributed by atoms with E-state index in [1.807, 2.05) is 0 Å². The summed E-state index contributed by atoms with van der Waals surface area (Å²) in [6.45, 7) is 1.07. The summed E-state index contributed by atoms with van der Waals surface area (Å²) in [5.41, 5.74) is 5.70. The molecule has 1 amide bonds. The predicted molar refractivity (Wildman–Crippen MR) is 58.9 cm³/mol. The van der Waals surface area contributed by atoms with Gasteiger partial charge in [0.15, 0.2) is 0 Å². The molecule has 1 aliphatic rings. The lowest BCUT2D eigenvalue weighted by Crippen LogP contribution is -2.26. The molecule has 0 spiro atoms. The number of likely N-dealkylation sites (tertiary alicyclic amines) is 1. The maximum Gasteiger partial charge on any atom is 0.223 e. The summed E-state index contributed by atoms with van der Waals surface area (Å²) >= 11 is 0. The summed E-state index contributed by atoms with van der Waals surface area (Å²) in [7, 11) is 0. The quantitative estimate of drug-likeness (QED) is 0.864. The lowest BCUT2D eigenvalue weighted by molar-refractivity contribution is -0.128. The second kappa shape index (κ2) is 4.79. The van der Waals surface area contributed by atoms with E-state index in [0.29, 0.717) is 19.5 Å². The fourth-order valence-electron chi connectivity index (χ4n) is 2.03. The van der Waals surface area contributed by atoms with Crippen molar-refractivity contribution >= 4 is 5.91 Å². The standard InChI is InChI=1S/C12H14F2N2O/c13-10-1-2-11(14)9(4-10)7-16-6-8(5-15)3-12(16)17/h1-2,4,8H,3,5-7,15H2. The molecule has 0 aromatic heterocycles. The van der Waals surface area contributed by atoms with Gasteiger partial charge < -0.3 is 10.6 Å². The van der Waals surface area contributed by atoms with Crippen molar-refractivity contribution in [1.82, 2.24) is 4.90 Å². The van der Waals surface area contributed by atoms with E-state index in [-0.39, 0.29) is 23.9 Å². The van der Waals surface area contributed by atoms with Crippen molar-refractivity contribution in [2.45, 2.75) is 13.0 Å². The minimum Gasteiger partial charge on any atom is -0.338 e. The van der Waals surface area contributed by atoms with Gasteiger partial charge in [0.25, 0.3) is 0 Å². The van der Waals surface area contributed by atoms with Crippen LogP contribution in [0.5, 0.6) is 0 Å². The van der Waals surface area contributed by atoms with E-state index in [1.54, 1.807) is 0 Å². The van der Waals surface area contributed by atoms with E-state index in [4.69, 9.17) is 5.73 Å². The SMILES string of the molecule is NCC1CC(=O)N(Cc2cc(F)ccc2F)C1. The highest BCUT2D eigenvalue weighted by molar-refractivity contribution is 5.78. The molecule has 0 bridgehead atoms. The molecule has 2 N–H and O–H groups in total. The Hall–Kier alpha value is -1.49. The smallest absolute Gasteiger partial charge is 0.223 e. The maximum absolute atomic E-state index is 13.4. The lowest BCUT2D eigenvalue weighted by atomic mass is 10.1. The fraction of sp³-hybridized carbons (Fsp3) is 0.417. The van der Waals surface area contributed by atoms with E-state index in [9.17, 15) is 13.6 Å². The number of hydrogen-bond donors (Lipinski definition) is 1. The third-order valence-corrected chi connectivity index (χ3v) is 3.00. The van der Waals surface area contributed by atoms with Crippen molar-refractivity contribution < 1.29 is 13.6 Å².